The van der Waals surface area contributed by atoms with Crippen molar-refractivity contribution in [2.45, 2.75) is 52.5 Å². The van der Waals surface area contributed by atoms with Gasteiger partial charge in [-0.05, 0) is 19.3 Å². The van der Waals surface area contributed by atoms with Crippen molar-refractivity contribution in [3.8, 4) is 6.07 Å². The van der Waals surface area contributed by atoms with Crippen LogP contribution in [0.5, 0.6) is 0 Å². The van der Waals surface area contributed by atoms with Gasteiger partial charge in [0.05, 0.1) is 6.07 Å². The second-order valence-corrected chi connectivity index (χ2v) is 3.12. The Hall–Kier alpha value is -1.04. The van der Waals surface area contributed by atoms with Crippen LogP contribution >= 0.6 is 0 Å². The van der Waals surface area contributed by atoms with E-state index < -0.39 is 0 Å². The molecule has 1 aliphatic heterocycles. The van der Waals surface area contributed by atoms with Crippen LogP contribution in [-0.4, -0.2) is 23.4 Å². The zero-order chi connectivity index (χ0) is 11.0. The minimum atomic E-state index is -0.149. The molecule has 1 rings (SSSR count). The summed E-state index contributed by atoms with van der Waals surface area (Å²) < 4.78 is 0. The highest BCUT2D eigenvalue weighted by molar-refractivity contribution is 5.77. The van der Waals surface area contributed by atoms with Crippen LogP contribution in [0.4, 0.5) is 0 Å². The number of hydrogen-bond acceptors (Lipinski definition) is 2. The Morgan fingerprint density at radius 3 is 2.71 bits per heavy atom. The van der Waals surface area contributed by atoms with Crippen LogP contribution in [0.3, 0.4) is 0 Å². The van der Waals surface area contributed by atoms with Gasteiger partial charge >= 0.3 is 0 Å². The molecule has 14 heavy (non-hydrogen) atoms. The summed E-state index contributed by atoms with van der Waals surface area (Å²) in [7, 11) is 0. The summed E-state index contributed by atoms with van der Waals surface area (Å²) >= 11 is 0. The topological polar surface area (TPSA) is 44.1 Å². The maximum atomic E-state index is 11.4. The Labute approximate surface area is 86.7 Å². The van der Waals surface area contributed by atoms with Gasteiger partial charge in [-0.3, -0.25) is 4.79 Å². The van der Waals surface area contributed by atoms with E-state index in [1.165, 1.54) is 0 Å². The average Bonchev–Trinajstić information content (AvgIpc) is 2.69. The van der Waals surface area contributed by atoms with Crippen molar-refractivity contribution in [1.29, 1.82) is 5.26 Å². The van der Waals surface area contributed by atoms with Gasteiger partial charge < -0.3 is 4.90 Å². The second-order valence-electron chi connectivity index (χ2n) is 3.12. The lowest BCUT2D eigenvalue weighted by Crippen LogP contribution is -2.34. The molecule has 1 unspecified atom stereocenters. The molecule has 0 aromatic rings. The third-order valence-electron chi connectivity index (χ3n) is 2.19. The highest BCUT2D eigenvalue weighted by Crippen LogP contribution is 2.17. The first kappa shape index (κ1) is 13.0. The van der Waals surface area contributed by atoms with Crippen LogP contribution in [0, 0.1) is 11.3 Å². The van der Waals surface area contributed by atoms with Gasteiger partial charge in [-0.15, -0.1) is 0 Å². The number of hydrogen-bond donors (Lipinski definition) is 0. The molecule has 0 saturated carbocycles. The van der Waals surface area contributed by atoms with Crippen LogP contribution in [0.25, 0.3) is 0 Å². The van der Waals surface area contributed by atoms with E-state index in [4.69, 9.17) is 5.26 Å². The lowest BCUT2D eigenvalue weighted by atomic mass is 10.2. The molecule has 0 aliphatic carbocycles. The molecule has 0 aromatic carbocycles. The Balaban J connectivity index is 0.000000791. The fraction of sp³-hybridized carbons (Fsp3) is 0.818. The summed E-state index contributed by atoms with van der Waals surface area (Å²) in [6.07, 6.45) is 3.28. The van der Waals surface area contributed by atoms with E-state index in [1.54, 1.807) is 4.90 Å². The maximum Gasteiger partial charge on any atom is 0.223 e. The van der Waals surface area contributed by atoms with Gasteiger partial charge in [0.15, 0.2) is 0 Å². The lowest BCUT2D eigenvalue weighted by Gasteiger charge is -2.18. The van der Waals surface area contributed by atoms with Crippen molar-refractivity contribution in [1.82, 2.24) is 4.90 Å². The SMILES string of the molecule is CC.CCCC(=O)N1CCCC1C#N. The highest BCUT2D eigenvalue weighted by Gasteiger charge is 2.27. The number of carbonyl (C=O) groups excluding carboxylic acids is 1. The van der Waals surface area contributed by atoms with Crippen molar-refractivity contribution in [2.24, 2.45) is 0 Å². The number of carbonyl (C=O) groups is 1. The standard InChI is InChI=1S/C9H14N2O.C2H6/c1-2-4-9(12)11-6-3-5-8(11)7-10;1-2/h8H,2-6H2,1H3;1-2H3. The molecule has 0 radical (unpaired) electrons. The maximum absolute atomic E-state index is 11.4. The first-order valence-corrected chi connectivity index (χ1v) is 5.48. The first-order valence-electron chi connectivity index (χ1n) is 5.48. The quantitative estimate of drug-likeness (QED) is 0.680. The van der Waals surface area contributed by atoms with Gasteiger partial charge in [-0.25, -0.2) is 0 Å². The summed E-state index contributed by atoms with van der Waals surface area (Å²) in [5, 5.41) is 8.71. The molecule has 1 atom stereocenters. The number of rotatable bonds is 2. The molecule has 80 valence electrons. The minimum Gasteiger partial charge on any atom is -0.327 e. The second kappa shape index (κ2) is 7.37. The fourth-order valence-electron chi connectivity index (χ4n) is 1.56. The predicted molar refractivity (Wildman–Crippen MR) is 56.6 cm³/mol. The number of nitrogens with zero attached hydrogens (tertiary/aromatic N) is 2. The Kier molecular flexibility index (Phi) is 6.82. The van der Waals surface area contributed by atoms with E-state index in [2.05, 4.69) is 6.07 Å². The van der Waals surface area contributed by atoms with E-state index in [-0.39, 0.29) is 11.9 Å². The minimum absolute atomic E-state index is 0.140. The smallest absolute Gasteiger partial charge is 0.223 e. The van der Waals surface area contributed by atoms with Crippen molar-refractivity contribution in [3.63, 3.8) is 0 Å². The van der Waals surface area contributed by atoms with Crippen molar-refractivity contribution in [3.05, 3.63) is 0 Å². The van der Waals surface area contributed by atoms with Crippen molar-refractivity contribution in [2.75, 3.05) is 6.54 Å². The lowest BCUT2D eigenvalue weighted by molar-refractivity contribution is -0.131. The Morgan fingerprint density at radius 2 is 2.21 bits per heavy atom. The molecular weight excluding hydrogens is 176 g/mol. The zero-order valence-electron chi connectivity index (χ0n) is 9.42. The van der Waals surface area contributed by atoms with Crippen LogP contribution < -0.4 is 0 Å². The van der Waals surface area contributed by atoms with Crippen LogP contribution in [-0.2, 0) is 4.79 Å². The monoisotopic (exact) mass is 196 g/mol. The number of amides is 1. The highest BCUT2D eigenvalue weighted by atomic mass is 16.2. The Bertz CT molecular complexity index is 208. The molecular formula is C11H20N2O. The zero-order valence-corrected chi connectivity index (χ0v) is 9.42. The summed E-state index contributed by atoms with van der Waals surface area (Å²) in [6.45, 7) is 6.76. The van der Waals surface area contributed by atoms with E-state index in [1.807, 2.05) is 20.8 Å². The summed E-state index contributed by atoms with van der Waals surface area (Å²) in [5.74, 6) is 0.140. The van der Waals surface area contributed by atoms with Gasteiger partial charge in [0.25, 0.3) is 0 Å². The van der Waals surface area contributed by atoms with Crippen LogP contribution in [0.1, 0.15) is 46.5 Å². The normalized spacial score (nSPS) is 19.6. The van der Waals surface area contributed by atoms with Gasteiger partial charge in [-0.1, -0.05) is 20.8 Å². The molecule has 1 saturated heterocycles. The molecule has 0 aromatic heterocycles. The molecule has 1 fully saturated rings. The fourth-order valence-corrected chi connectivity index (χ4v) is 1.56. The largest absolute Gasteiger partial charge is 0.327 e. The van der Waals surface area contributed by atoms with E-state index in [9.17, 15) is 4.79 Å². The Morgan fingerprint density at radius 1 is 1.57 bits per heavy atom. The molecule has 1 aliphatic rings. The average molecular weight is 196 g/mol. The number of nitriles is 1. The van der Waals surface area contributed by atoms with Gasteiger partial charge in [0.1, 0.15) is 6.04 Å². The molecule has 1 heterocycles. The predicted octanol–water partition coefficient (Wildman–Crippen LogP) is 2.33. The molecule has 3 heteroatoms. The third kappa shape index (κ3) is 3.37. The molecule has 1 amide bonds. The van der Waals surface area contributed by atoms with Crippen LogP contribution in [0.2, 0.25) is 0 Å². The summed E-state index contributed by atoms with van der Waals surface area (Å²) in [6, 6.07) is 2.01. The van der Waals surface area contributed by atoms with Crippen LogP contribution in [0.15, 0.2) is 0 Å². The third-order valence-corrected chi connectivity index (χ3v) is 2.19. The summed E-state index contributed by atoms with van der Waals surface area (Å²) in [4.78, 5) is 13.1. The van der Waals surface area contributed by atoms with E-state index >= 15 is 0 Å². The van der Waals surface area contributed by atoms with Gasteiger partial charge in [0, 0.05) is 13.0 Å². The van der Waals surface area contributed by atoms with E-state index in [0.29, 0.717) is 6.42 Å². The van der Waals surface area contributed by atoms with Gasteiger partial charge in [0.2, 0.25) is 5.91 Å². The first-order chi connectivity index (χ1) is 6.79. The summed E-state index contributed by atoms with van der Waals surface area (Å²) in [5.41, 5.74) is 0. The number of likely N-dealkylation sites (tertiary alicyclic amines) is 1. The van der Waals surface area contributed by atoms with Crippen molar-refractivity contribution < 1.29 is 4.79 Å². The molecule has 0 N–H and O–H groups in total. The molecule has 0 spiro atoms. The van der Waals surface area contributed by atoms with Crippen molar-refractivity contribution >= 4 is 5.91 Å². The molecule has 3 nitrogen and oxygen atoms in total. The van der Waals surface area contributed by atoms with E-state index in [0.717, 1.165) is 25.8 Å². The molecule has 0 bridgehead atoms. The van der Waals surface area contributed by atoms with Gasteiger partial charge in [-0.2, -0.15) is 5.26 Å².